The summed E-state index contributed by atoms with van der Waals surface area (Å²) in [6, 6.07) is 0.174. The summed E-state index contributed by atoms with van der Waals surface area (Å²) in [4.78, 5) is 15.6. The zero-order chi connectivity index (χ0) is 14.0. The Morgan fingerprint density at radius 2 is 2.05 bits per heavy atom. The topological polar surface area (TPSA) is 82.3 Å². The van der Waals surface area contributed by atoms with Gasteiger partial charge in [-0.1, -0.05) is 11.3 Å². The number of likely N-dealkylation sites (tertiary alicyclic amines) is 1. The van der Waals surface area contributed by atoms with E-state index in [2.05, 4.69) is 14.6 Å². The summed E-state index contributed by atoms with van der Waals surface area (Å²) in [5.74, 6) is 0. The van der Waals surface area contributed by atoms with Gasteiger partial charge in [0.05, 0.1) is 0 Å². The largest absolute Gasteiger partial charge is 0.315 e. The van der Waals surface area contributed by atoms with Crippen molar-refractivity contribution in [1.82, 2.24) is 14.6 Å². The van der Waals surface area contributed by atoms with Gasteiger partial charge in [-0.2, -0.15) is 0 Å². The molecule has 1 unspecified atom stereocenters. The van der Waals surface area contributed by atoms with Gasteiger partial charge in [-0.15, -0.1) is 0 Å². The van der Waals surface area contributed by atoms with E-state index >= 15 is 0 Å². The van der Waals surface area contributed by atoms with Gasteiger partial charge in [-0.25, -0.2) is 13.1 Å². The van der Waals surface area contributed by atoms with Crippen LogP contribution in [0.4, 0.5) is 0 Å². The summed E-state index contributed by atoms with van der Waals surface area (Å²) < 4.78 is 26.9. The fourth-order valence-corrected chi connectivity index (χ4v) is 4.72. The molecule has 1 aromatic rings. The minimum Gasteiger partial charge on any atom is -0.315 e. The van der Waals surface area contributed by atoms with Gasteiger partial charge in [0.15, 0.2) is 4.21 Å². The van der Waals surface area contributed by atoms with Crippen LogP contribution in [0.15, 0.2) is 9.00 Å². The second-order valence-electron chi connectivity index (χ2n) is 4.87. The smallest absolute Gasteiger partial charge is 0.305 e. The fourth-order valence-electron chi connectivity index (χ4n) is 2.25. The zero-order valence-electron chi connectivity index (χ0n) is 11.1. The molecule has 0 aliphatic carbocycles. The summed E-state index contributed by atoms with van der Waals surface area (Å²) in [6.07, 6.45) is 2.35. The van der Waals surface area contributed by atoms with Crippen molar-refractivity contribution in [2.45, 2.75) is 36.9 Å². The molecule has 1 aromatic heterocycles. The summed E-state index contributed by atoms with van der Waals surface area (Å²) in [6.45, 7) is 6.03. The Morgan fingerprint density at radius 1 is 1.42 bits per heavy atom. The van der Waals surface area contributed by atoms with Crippen LogP contribution in [-0.4, -0.2) is 44.0 Å². The highest BCUT2D eigenvalue weighted by Gasteiger charge is 2.23. The molecule has 1 fully saturated rings. The third-order valence-electron chi connectivity index (χ3n) is 3.36. The molecular formula is C11H19N3O3S2. The molecule has 0 saturated carbocycles. The Hall–Kier alpha value is -0.700. The molecule has 1 aliphatic heterocycles. The number of rotatable bonds is 5. The molecule has 8 heteroatoms. The van der Waals surface area contributed by atoms with Crippen molar-refractivity contribution in [1.29, 1.82) is 0 Å². The van der Waals surface area contributed by atoms with Crippen LogP contribution in [0.25, 0.3) is 0 Å². The molecule has 0 amide bonds. The number of sulfonamides is 1. The number of H-pyrrole nitrogens is 1. The lowest BCUT2D eigenvalue weighted by Gasteiger charge is -2.23. The van der Waals surface area contributed by atoms with Crippen molar-refractivity contribution < 1.29 is 8.42 Å². The first-order valence-electron chi connectivity index (χ1n) is 6.33. The summed E-state index contributed by atoms with van der Waals surface area (Å²) in [5, 5.41) is 0. The lowest BCUT2D eigenvalue weighted by Crippen LogP contribution is -2.40. The normalized spacial score (nSPS) is 18.8. The molecule has 2 N–H and O–H groups in total. The van der Waals surface area contributed by atoms with Crippen LogP contribution in [0.5, 0.6) is 0 Å². The molecule has 1 aliphatic rings. The molecule has 108 valence electrons. The minimum atomic E-state index is -3.58. The average molecular weight is 305 g/mol. The Bertz CT molecular complexity index is 585. The van der Waals surface area contributed by atoms with Crippen molar-refractivity contribution >= 4 is 21.4 Å². The predicted molar refractivity (Wildman–Crippen MR) is 75.1 cm³/mol. The fraction of sp³-hybridized carbons (Fsp3) is 0.727. The number of aromatic amines is 1. The van der Waals surface area contributed by atoms with Gasteiger partial charge in [-0.05, 0) is 39.8 Å². The van der Waals surface area contributed by atoms with Crippen LogP contribution in [0.2, 0.25) is 0 Å². The van der Waals surface area contributed by atoms with Gasteiger partial charge < -0.3 is 4.98 Å². The number of thiazole rings is 1. The lowest BCUT2D eigenvalue weighted by molar-refractivity contribution is 0.260. The lowest BCUT2D eigenvalue weighted by atomic mass is 10.3. The maximum Gasteiger partial charge on any atom is 0.305 e. The molecule has 0 radical (unpaired) electrons. The monoisotopic (exact) mass is 305 g/mol. The number of nitrogens with zero attached hydrogens (tertiary/aromatic N) is 1. The van der Waals surface area contributed by atoms with E-state index in [9.17, 15) is 13.2 Å². The summed E-state index contributed by atoms with van der Waals surface area (Å²) >= 11 is 0.730. The van der Waals surface area contributed by atoms with E-state index < -0.39 is 10.0 Å². The molecule has 1 atom stereocenters. The molecule has 0 spiro atoms. The van der Waals surface area contributed by atoms with Crippen LogP contribution in [0.1, 0.15) is 25.5 Å². The van der Waals surface area contributed by atoms with Crippen LogP contribution >= 0.6 is 11.3 Å². The highest BCUT2D eigenvalue weighted by molar-refractivity contribution is 7.91. The zero-order valence-corrected chi connectivity index (χ0v) is 12.7. The maximum atomic E-state index is 12.1. The average Bonchev–Trinajstić information content (AvgIpc) is 2.96. The second kappa shape index (κ2) is 5.74. The van der Waals surface area contributed by atoms with Gasteiger partial charge in [0.2, 0.25) is 0 Å². The third kappa shape index (κ3) is 3.44. The van der Waals surface area contributed by atoms with E-state index in [-0.39, 0.29) is 15.1 Å². The Labute approximate surface area is 116 Å². The highest BCUT2D eigenvalue weighted by Crippen LogP contribution is 2.16. The molecule has 2 heterocycles. The molecule has 19 heavy (non-hydrogen) atoms. The highest BCUT2D eigenvalue weighted by atomic mass is 32.2. The van der Waals surface area contributed by atoms with Crippen molar-refractivity contribution in [3.63, 3.8) is 0 Å². The van der Waals surface area contributed by atoms with Crippen LogP contribution in [0, 0.1) is 6.92 Å². The Kier molecular flexibility index (Phi) is 4.44. The van der Waals surface area contributed by atoms with Gasteiger partial charge >= 0.3 is 4.87 Å². The quantitative estimate of drug-likeness (QED) is 0.830. The first-order valence-corrected chi connectivity index (χ1v) is 8.63. The SMILES string of the molecule is Cc1[nH]c(=O)sc1S(=O)(=O)NCC(C)N1CCCC1. The van der Waals surface area contributed by atoms with E-state index in [1.54, 1.807) is 6.92 Å². The van der Waals surface area contributed by atoms with Crippen molar-refractivity contribution in [3.8, 4) is 0 Å². The summed E-state index contributed by atoms with van der Waals surface area (Å²) in [5.41, 5.74) is 0.399. The van der Waals surface area contributed by atoms with E-state index in [1.165, 1.54) is 12.8 Å². The van der Waals surface area contributed by atoms with Gasteiger partial charge in [0, 0.05) is 18.3 Å². The van der Waals surface area contributed by atoms with E-state index in [4.69, 9.17) is 0 Å². The number of aryl methyl sites for hydroxylation is 1. The Morgan fingerprint density at radius 3 is 2.58 bits per heavy atom. The van der Waals surface area contributed by atoms with E-state index in [0.717, 1.165) is 24.4 Å². The first kappa shape index (κ1) is 14.7. The van der Waals surface area contributed by atoms with Crippen LogP contribution in [0.3, 0.4) is 0 Å². The molecule has 2 rings (SSSR count). The van der Waals surface area contributed by atoms with Gasteiger partial charge in [-0.3, -0.25) is 9.69 Å². The van der Waals surface area contributed by atoms with Crippen molar-refractivity contribution in [2.24, 2.45) is 0 Å². The molecular weight excluding hydrogens is 286 g/mol. The van der Waals surface area contributed by atoms with Gasteiger partial charge in [0.25, 0.3) is 10.0 Å². The summed E-state index contributed by atoms with van der Waals surface area (Å²) in [7, 11) is -3.58. The molecule has 6 nitrogen and oxygen atoms in total. The van der Waals surface area contributed by atoms with Crippen LogP contribution < -0.4 is 9.60 Å². The molecule has 0 bridgehead atoms. The number of aromatic nitrogens is 1. The standard InChI is InChI=1S/C11H19N3O3S2/c1-8(14-5-3-4-6-14)7-12-19(16,17)10-9(2)13-11(15)18-10/h8,12H,3-7H2,1-2H3,(H,13,15). The van der Waals surface area contributed by atoms with Crippen molar-refractivity contribution in [2.75, 3.05) is 19.6 Å². The molecule has 1 saturated heterocycles. The van der Waals surface area contributed by atoms with Crippen molar-refractivity contribution in [3.05, 3.63) is 15.4 Å². The second-order valence-corrected chi connectivity index (χ2v) is 7.82. The Balaban J connectivity index is 2.01. The van der Waals surface area contributed by atoms with E-state index in [0.29, 0.717) is 12.2 Å². The number of hydrogen-bond donors (Lipinski definition) is 2. The maximum absolute atomic E-state index is 12.1. The van der Waals surface area contributed by atoms with Crippen LogP contribution in [-0.2, 0) is 10.0 Å². The number of nitrogens with one attached hydrogen (secondary N) is 2. The first-order chi connectivity index (χ1) is 8.90. The molecule has 0 aromatic carbocycles. The number of hydrogen-bond acceptors (Lipinski definition) is 5. The van der Waals surface area contributed by atoms with E-state index in [1.807, 2.05) is 6.92 Å². The third-order valence-corrected chi connectivity index (χ3v) is 6.39. The minimum absolute atomic E-state index is 0.0890. The van der Waals surface area contributed by atoms with Gasteiger partial charge in [0.1, 0.15) is 0 Å². The predicted octanol–water partition coefficient (Wildman–Crippen LogP) is 0.507.